The summed E-state index contributed by atoms with van der Waals surface area (Å²) in [6.45, 7) is 8.81. The molecule has 0 N–H and O–H groups in total. The Labute approximate surface area is 170 Å². The molecule has 1 saturated heterocycles. The summed E-state index contributed by atoms with van der Waals surface area (Å²) < 4.78 is 0. The van der Waals surface area contributed by atoms with E-state index in [1.54, 1.807) is 11.3 Å². The van der Waals surface area contributed by atoms with E-state index in [0.29, 0.717) is 5.28 Å². The topological polar surface area (TPSA) is 29.0 Å². The summed E-state index contributed by atoms with van der Waals surface area (Å²) in [4.78, 5) is 14.1. The van der Waals surface area contributed by atoms with E-state index in [0.717, 1.165) is 42.5 Å². The van der Waals surface area contributed by atoms with Crippen LogP contribution in [0.3, 0.4) is 0 Å². The van der Waals surface area contributed by atoms with Crippen molar-refractivity contribution >= 4 is 39.0 Å². The fourth-order valence-electron chi connectivity index (χ4n) is 3.91. The van der Waals surface area contributed by atoms with Gasteiger partial charge in [0, 0.05) is 23.5 Å². The minimum atomic E-state index is 0.355. The van der Waals surface area contributed by atoms with E-state index in [4.69, 9.17) is 16.6 Å². The van der Waals surface area contributed by atoms with Crippen molar-refractivity contribution in [2.24, 2.45) is 5.92 Å². The molecule has 0 aliphatic carbocycles. The molecule has 1 fully saturated rings. The first-order chi connectivity index (χ1) is 13.1. The second-order valence-electron chi connectivity index (χ2n) is 7.47. The Kier molecular flexibility index (Phi) is 5.38. The highest BCUT2D eigenvalue weighted by atomic mass is 35.5. The first-order valence-corrected chi connectivity index (χ1v) is 11.1. The van der Waals surface area contributed by atoms with Crippen molar-refractivity contribution in [3.63, 3.8) is 0 Å². The highest BCUT2D eigenvalue weighted by molar-refractivity contribution is 7.19. The minimum Gasteiger partial charge on any atom is -0.356 e. The summed E-state index contributed by atoms with van der Waals surface area (Å²) >= 11 is 8.08. The predicted molar refractivity (Wildman–Crippen MR) is 117 cm³/mol. The van der Waals surface area contributed by atoms with Crippen LogP contribution in [0.5, 0.6) is 0 Å². The lowest BCUT2D eigenvalue weighted by atomic mass is 9.97. The number of piperidine rings is 1. The molecule has 0 saturated carbocycles. The van der Waals surface area contributed by atoms with Gasteiger partial charge in [-0.2, -0.15) is 4.98 Å². The van der Waals surface area contributed by atoms with Gasteiger partial charge in [-0.05, 0) is 54.3 Å². The summed E-state index contributed by atoms with van der Waals surface area (Å²) in [6, 6.07) is 8.96. The van der Waals surface area contributed by atoms with Crippen LogP contribution in [0.2, 0.25) is 5.28 Å². The lowest BCUT2D eigenvalue weighted by Gasteiger charge is -2.31. The van der Waals surface area contributed by atoms with Crippen LogP contribution in [0.25, 0.3) is 21.3 Å². The standard InChI is InChI=1S/C22H26ClN3S/c1-4-15-6-8-16(9-7-15)18-17(5-2)27-21-19(18)20(24-22(23)25-21)26-12-10-14(3)11-13-26/h6-9,14H,4-5,10-13H2,1-3H3. The molecule has 3 nitrogen and oxygen atoms in total. The van der Waals surface area contributed by atoms with Gasteiger partial charge < -0.3 is 4.90 Å². The third-order valence-corrected chi connectivity index (χ3v) is 7.03. The Morgan fingerprint density at radius 3 is 2.41 bits per heavy atom. The van der Waals surface area contributed by atoms with Crippen LogP contribution in [0.15, 0.2) is 24.3 Å². The second kappa shape index (κ2) is 7.76. The zero-order valence-electron chi connectivity index (χ0n) is 16.3. The normalized spacial score (nSPS) is 15.6. The summed E-state index contributed by atoms with van der Waals surface area (Å²) in [5, 5.41) is 1.54. The van der Waals surface area contributed by atoms with Crippen molar-refractivity contribution in [3.8, 4) is 11.1 Å². The van der Waals surface area contributed by atoms with Gasteiger partial charge >= 0.3 is 0 Å². The quantitative estimate of drug-likeness (QED) is 0.477. The molecule has 0 radical (unpaired) electrons. The number of fused-ring (bicyclic) bond motifs is 1. The highest BCUT2D eigenvalue weighted by Gasteiger charge is 2.25. The van der Waals surface area contributed by atoms with E-state index in [1.807, 2.05) is 0 Å². The van der Waals surface area contributed by atoms with Crippen molar-refractivity contribution < 1.29 is 0 Å². The highest BCUT2D eigenvalue weighted by Crippen LogP contribution is 2.43. The number of rotatable bonds is 4. The smallest absolute Gasteiger partial charge is 0.225 e. The molecule has 3 aromatic rings. The van der Waals surface area contributed by atoms with Crippen molar-refractivity contribution in [2.75, 3.05) is 18.0 Å². The maximum atomic E-state index is 6.32. The Morgan fingerprint density at radius 2 is 1.78 bits per heavy atom. The van der Waals surface area contributed by atoms with Crippen LogP contribution in [-0.4, -0.2) is 23.1 Å². The number of anilines is 1. The first-order valence-electron chi connectivity index (χ1n) is 9.93. The van der Waals surface area contributed by atoms with Crippen LogP contribution in [-0.2, 0) is 12.8 Å². The van der Waals surface area contributed by atoms with E-state index >= 15 is 0 Å². The Hall–Kier alpha value is -1.65. The number of aromatic nitrogens is 2. The first kappa shape index (κ1) is 18.7. The number of thiophene rings is 1. The number of benzene rings is 1. The molecule has 0 spiro atoms. The summed E-state index contributed by atoms with van der Waals surface area (Å²) in [5.41, 5.74) is 3.92. The largest absolute Gasteiger partial charge is 0.356 e. The monoisotopic (exact) mass is 399 g/mol. The molecule has 3 heterocycles. The van der Waals surface area contributed by atoms with Crippen molar-refractivity contribution in [1.29, 1.82) is 0 Å². The summed E-state index contributed by atoms with van der Waals surface area (Å²) in [6.07, 6.45) is 4.45. The van der Waals surface area contributed by atoms with Gasteiger partial charge in [0.05, 0.1) is 5.39 Å². The van der Waals surface area contributed by atoms with Crippen molar-refractivity contribution in [3.05, 3.63) is 40.0 Å². The molecule has 142 valence electrons. The van der Waals surface area contributed by atoms with Crippen LogP contribution >= 0.6 is 22.9 Å². The van der Waals surface area contributed by atoms with Crippen LogP contribution in [0.4, 0.5) is 5.82 Å². The van der Waals surface area contributed by atoms with Crippen LogP contribution < -0.4 is 4.90 Å². The maximum Gasteiger partial charge on any atom is 0.225 e. The number of nitrogens with zero attached hydrogens (tertiary/aromatic N) is 3. The molecule has 5 heteroatoms. The fraction of sp³-hybridized carbons (Fsp3) is 0.455. The molecule has 1 aliphatic rings. The molecule has 0 atom stereocenters. The molecular formula is C22H26ClN3S. The second-order valence-corrected chi connectivity index (χ2v) is 8.89. The summed E-state index contributed by atoms with van der Waals surface area (Å²) in [7, 11) is 0. The van der Waals surface area contributed by atoms with E-state index in [9.17, 15) is 0 Å². The molecule has 4 rings (SSSR count). The van der Waals surface area contributed by atoms with Crippen LogP contribution in [0.1, 0.15) is 44.1 Å². The molecule has 0 unspecified atom stereocenters. The lowest BCUT2D eigenvalue weighted by Crippen LogP contribution is -2.33. The lowest BCUT2D eigenvalue weighted by molar-refractivity contribution is 0.437. The third-order valence-electron chi connectivity index (χ3n) is 5.63. The fourth-order valence-corrected chi connectivity index (χ4v) is 5.26. The van der Waals surface area contributed by atoms with E-state index in [-0.39, 0.29) is 0 Å². The van der Waals surface area contributed by atoms with Gasteiger partial charge in [-0.15, -0.1) is 11.3 Å². The SMILES string of the molecule is CCc1ccc(-c2c(CC)sc3nc(Cl)nc(N4CCC(C)CC4)c23)cc1. The molecule has 2 aromatic heterocycles. The Bertz CT molecular complexity index is 940. The van der Waals surface area contributed by atoms with Gasteiger partial charge in [-0.1, -0.05) is 45.0 Å². The average molecular weight is 400 g/mol. The van der Waals surface area contributed by atoms with E-state index in [2.05, 4.69) is 54.9 Å². The molecule has 27 heavy (non-hydrogen) atoms. The molecule has 0 bridgehead atoms. The minimum absolute atomic E-state index is 0.355. The summed E-state index contributed by atoms with van der Waals surface area (Å²) in [5.74, 6) is 1.80. The van der Waals surface area contributed by atoms with Gasteiger partial charge in [0.15, 0.2) is 0 Å². The average Bonchev–Trinajstić information content (AvgIpc) is 3.06. The van der Waals surface area contributed by atoms with Gasteiger partial charge in [0.2, 0.25) is 5.28 Å². The van der Waals surface area contributed by atoms with Gasteiger partial charge in [-0.25, -0.2) is 4.98 Å². The number of hydrogen-bond acceptors (Lipinski definition) is 4. The molecular weight excluding hydrogens is 374 g/mol. The molecule has 1 aromatic carbocycles. The predicted octanol–water partition coefficient (Wildman–Crippen LogP) is 6.37. The number of aryl methyl sites for hydroxylation is 2. The van der Waals surface area contributed by atoms with Gasteiger partial charge in [0.25, 0.3) is 0 Å². The number of hydrogen-bond donors (Lipinski definition) is 0. The van der Waals surface area contributed by atoms with E-state index in [1.165, 1.54) is 39.8 Å². The number of halogens is 1. The Morgan fingerprint density at radius 1 is 1.07 bits per heavy atom. The molecule has 0 amide bonds. The zero-order valence-corrected chi connectivity index (χ0v) is 17.8. The van der Waals surface area contributed by atoms with Crippen molar-refractivity contribution in [2.45, 2.75) is 46.5 Å². The Balaban J connectivity index is 1.91. The third kappa shape index (κ3) is 3.57. The zero-order chi connectivity index (χ0) is 19.0. The molecule has 1 aliphatic heterocycles. The van der Waals surface area contributed by atoms with Crippen molar-refractivity contribution in [1.82, 2.24) is 9.97 Å². The maximum absolute atomic E-state index is 6.32. The van der Waals surface area contributed by atoms with Gasteiger partial charge in [-0.3, -0.25) is 0 Å². The van der Waals surface area contributed by atoms with Gasteiger partial charge in [0.1, 0.15) is 10.6 Å². The van der Waals surface area contributed by atoms with E-state index < -0.39 is 0 Å². The van der Waals surface area contributed by atoms with Crippen LogP contribution in [0, 0.1) is 5.92 Å².